The van der Waals surface area contributed by atoms with Crippen LogP contribution in [0.2, 0.25) is 0 Å². The van der Waals surface area contributed by atoms with Crippen molar-refractivity contribution in [3.05, 3.63) is 23.5 Å². The highest BCUT2D eigenvalue weighted by atomic mass is 16.2. The zero-order valence-electron chi connectivity index (χ0n) is 12.8. The maximum Gasteiger partial charge on any atom is 0.257 e. The number of carbonyl (C=O) groups is 1. The molecular weight excluding hydrogens is 252 g/mol. The Kier molecular flexibility index (Phi) is 4.60. The number of hydrogen-bond acceptors (Lipinski definition) is 4. The van der Waals surface area contributed by atoms with Crippen molar-refractivity contribution in [3.63, 3.8) is 0 Å². The molecule has 5 heteroatoms. The minimum absolute atomic E-state index is 0.0437. The van der Waals surface area contributed by atoms with Gasteiger partial charge >= 0.3 is 0 Å². The monoisotopic (exact) mass is 276 g/mol. The fraction of sp³-hybridized carbons (Fsp3) is 0.600. The SMILES string of the molecule is CNc1cc(C)ncc1C(=O)N(C)C1CCCN(C)C1. The molecule has 0 spiro atoms. The van der Waals surface area contributed by atoms with Crippen molar-refractivity contribution in [1.82, 2.24) is 14.8 Å². The summed E-state index contributed by atoms with van der Waals surface area (Å²) in [5, 5.41) is 3.09. The van der Waals surface area contributed by atoms with Gasteiger partial charge in [-0.25, -0.2) is 0 Å². The van der Waals surface area contributed by atoms with E-state index in [9.17, 15) is 4.79 Å². The van der Waals surface area contributed by atoms with Gasteiger partial charge in [-0.3, -0.25) is 9.78 Å². The highest BCUT2D eigenvalue weighted by Gasteiger charge is 2.26. The smallest absolute Gasteiger partial charge is 0.257 e. The molecule has 1 atom stereocenters. The van der Waals surface area contributed by atoms with Crippen molar-refractivity contribution in [1.29, 1.82) is 0 Å². The number of hydrogen-bond donors (Lipinski definition) is 1. The lowest BCUT2D eigenvalue weighted by atomic mass is 10.0. The second-order valence-electron chi connectivity index (χ2n) is 5.60. The van der Waals surface area contributed by atoms with Crippen molar-refractivity contribution in [2.45, 2.75) is 25.8 Å². The number of anilines is 1. The number of pyridine rings is 1. The fourth-order valence-electron chi connectivity index (χ4n) is 2.75. The molecule has 2 heterocycles. The molecule has 0 bridgehead atoms. The third kappa shape index (κ3) is 3.10. The zero-order valence-corrected chi connectivity index (χ0v) is 12.8. The first-order chi connectivity index (χ1) is 9.52. The Bertz CT molecular complexity index is 489. The largest absolute Gasteiger partial charge is 0.387 e. The Hall–Kier alpha value is -1.62. The summed E-state index contributed by atoms with van der Waals surface area (Å²) in [7, 11) is 5.84. The van der Waals surface area contributed by atoms with Crippen LogP contribution in [-0.2, 0) is 0 Å². The summed E-state index contributed by atoms with van der Waals surface area (Å²) in [6, 6.07) is 2.20. The summed E-state index contributed by atoms with van der Waals surface area (Å²) in [6.45, 7) is 3.98. The van der Waals surface area contributed by atoms with Gasteiger partial charge in [0.2, 0.25) is 0 Å². The number of likely N-dealkylation sites (N-methyl/N-ethyl adjacent to an activating group) is 2. The molecular formula is C15H24N4O. The van der Waals surface area contributed by atoms with E-state index in [1.165, 1.54) is 0 Å². The first-order valence-corrected chi connectivity index (χ1v) is 7.13. The van der Waals surface area contributed by atoms with E-state index >= 15 is 0 Å². The highest BCUT2D eigenvalue weighted by Crippen LogP contribution is 2.20. The topological polar surface area (TPSA) is 48.5 Å². The van der Waals surface area contributed by atoms with Crippen molar-refractivity contribution in [3.8, 4) is 0 Å². The Balaban J connectivity index is 2.18. The Morgan fingerprint density at radius 3 is 2.95 bits per heavy atom. The molecule has 1 fully saturated rings. The van der Waals surface area contributed by atoms with Crippen LogP contribution in [0.4, 0.5) is 5.69 Å². The van der Waals surface area contributed by atoms with Crippen molar-refractivity contribution < 1.29 is 4.79 Å². The molecule has 1 saturated heterocycles. The number of nitrogens with zero attached hydrogens (tertiary/aromatic N) is 3. The molecule has 1 aromatic rings. The second-order valence-corrected chi connectivity index (χ2v) is 5.60. The average Bonchev–Trinajstić information content (AvgIpc) is 2.45. The summed E-state index contributed by atoms with van der Waals surface area (Å²) in [5.41, 5.74) is 2.40. The molecule has 5 nitrogen and oxygen atoms in total. The minimum atomic E-state index is 0.0437. The number of aromatic nitrogens is 1. The normalized spacial score (nSPS) is 19.7. The number of likely N-dealkylation sites (tertiary alicyclic amines) is 1. The van der Waals surface area contributed by atoms with Crippen LogP contribution in [0.5, 0.6) is 0 Å². The Morgan fingerprint density at radius 1 is 1.55 bits per heavy atom. The molecule has 1 N–H and O–H groups in total. The number of piperidine rings is 1. The van der Waals surface area contributed by atoms with E-state index in [4.69, 9.17) is 0 Å². The molecule has 0 aromatic carbocycles. The van der Waals surface area contributed by atoms with Gasteiger partial charge in [0.1, 0.15) is 0 Å². The molecule has 20 heavy (non-hydrogen) atoms. The van der Waals surface area contributed by atoms with Gasteiger partial charge in [-0.1, -0.05) is 0 Å². The van der Waals surface area contributed by atoms with Gasteiger partial charge in [0.25, 0.3) is 5.91 Å². The molecule has 0 saturated carbocycles. The number of nitrogens with one attached hydrogen (secondary N) is 1. The summed E-state index contributed by atoms with van der Waals surface area (Å²) < 4.78 is 0. The standard InChI is InChI=1S/C15H24N4O/c1-11-8-14(16-2)13(9-17-11)15(20)19(4)12-6-5-7-18(3)10-12/h8-9,12H,5-7,10H2,1-4H3,(H,16,17). The van der Waals surface area contributed by atoms with Crippen LogP contribution in [0.15, 0.2) is 12.3 Å². The third-order valence-electron chi connectivity index (χ3n) is 4.01. The van der Waals surface area contributed by atoms with E-state index in [-0.39, 0.29) is 11.9 Å². The maximum atomic E-state index is 12.7. The van der Waals surface area contributed by atoms with Crippen LogP contribution in [-0.4, -0.2) is 61.0 Å². The lowest BCUT2D eigenvalue weighted by Crippen LogP contribution is -2.47. The van der Waals surface area contributed by atoms with Gasteiger partial charge in [0.15, 0.2) is 0 Å². The van der Waals surface area contributed by atoms with Crippen LogP contribution in [0.25, 0.3) is 0 Å². The lowest BCUT2D eigenvalue weighted by molar-refractivity contribution is 0.0644. The Labute approximate surface area is 121 Å². The van der Waals surface area contributed by atoms with Crippen molar-refractivity contribution >= 4 is 11.6 Å². The van der Waals surface area contributed by atoms with Gasteiger partial charge < -0.3 is 15.1 Å². The maximum absolute atomic E-state index is 12.7. The van der Waals surface area contributed by atoms with E-state index in [2.05, 4.69) is 22.2 Å². The fourth-order valence-corrected chi connectivity index (χ4v) is 2.75. The summed E-state index contributed by atoms with van der Waals surface area (Å²) in [4.78, 5) is 21.1. The predicted octanol–water partition coefficient (Wildman–Crippen LogP) is 1.60. The number of carbonyl (C=O) groups excluding carboxylic acids is 1. The van der Waals surface area contributed by atoms with Crippen molar-refractivity contribution in [2.24, 2.45) is 0 Å². The first-order valence-electron chi connectivity index (χ1n) is 7.13. The van der Waals surface area contributed by atoms with E-state index in [0.29, 0.717) is 5.56 Å². The molecule has 0 radical (unpaired) electrons. The molecule has 1 unspecified atom stereocenters. The third-order valence-corrected chi connectivity index (χ3v) is 4.01. The van der Waals surface area contributed by atoms with E-state index in [0.717, 1.165) is 37.3 Å². The Morgan fingerprint density at radius 2 is 2.30 bits per heavy atom. The van der Waals surface area contributed by atoms with Gasteiger partial charge in [-0.05, 0) is 39.4 Å². The van der Waals surface area contributed by atoms with Gasteiger partial charge in [-0.15, -0.1) is 0 Å². The molecule has 1 aliphatic rings. The molecule has 2 rings (SSSR count). The second kappa shape index (κ2) is 6.22. The summed E-state index contributed by atoms with van der Waals surface area (Å²) in [6.07, 6.45) is 3.89. The molecule has 110 valence electrons. The number of rotatable bonds is 3. The van der Waals surface area contributed by atoms with Crippen LogP contribution in [0.1, 0.15) is 28.9 Å². The molecule has 1 amide bonds. The van der Waals surface area contributed by atoms with E-state index in [1.54, 1.807) is 6.20 Å². The molecule has 0 aliphatic carbocycles. The van der Waals surface area contributed by atoms with E-state index in [1.807, 2.05) is 32.0 Å². The summed E-state index contributed by atoms with van der Waals surface area (Å²) in [5.74, 6) is 0.0437. The predicted molar refractivity (Wildman–Crippen MR) is 81.1 cm³/mol. The van der Waals surface area contributed by atoms with Crippen LogP contribution < -0.4 is 5.32 Å². The van der Waals surface area contributed by atoms with Crippen LogP contribution in [0, 0.1) is 6.92 Å². The van der Waals surface area contributed by atoms with Gasteiger partial charge in [0, 0.05) is 38.6 Å². The van der Waals surface area contributed by atoms with E-state index < -0.39 is 0 Å². The van der Waals surface area contributed by atoms with Crippen LogP contribution >= 0.6 is 0 Å². The van der Waals surface area contributed by atoms with Gasteiger partial charge in [0.05, 0.1) is 11.3 Å². The highest BCUT2D eigenvalue weighted by molar-refractivity contribution is 5.99. The minimum Gasteiger partial charge on any atom is -0.387 e. The summed E-state index contributed by atoms with van der Waals surface area (Å²) >= 11 is 0. The van der Waals surface area contributed by atoms with Gasteiger partial charge in [-0.2, -0.15) is 0 Å². The molecule has 1 aromatic heterocycles. The van der Waals surface area contributed by atoms with Crippen LogP contribution in [0.3, 0.4) is 0 Å². The molecule has 1 aliphatic heterocycles. The first kappa shape index (κ1) is 14.8. The lowest BCUT2D eigenvalue weighted by Gasteiger charge is -2.36. The average molecular weight is 276 g/mol. The zero-order chi connectivity index (χ0) is 14.7. The number of aryl methyl sites for hydroxylation is 1. The van der Waals surface area contributed by atoms with Crippen molar-refractivity contribution in [2.75, 3.05) is 39.5 Å². The number of amides is 1. The quantitative estimate of drug-likeness (QED) is 0.911.